The monoisotopic (exact) mass is 431 g/mol. The molecule has 0 aliphatic carbocycles. The van der Waals surface area contributed by atoms with Crippen LogP contribution in [-0.4, -0.2) is 52.8 Å². The summed E-state index contributed by atoms with van der Waals surface area (Å²) in [5, 5.41) is 0. The molecule has 5 rings (SSSR count). The maximum Gasteiger partial charge on any atom is 0.127 e. The molecule has 1 fully saturated rings. The van der Waals surface area contributed by atoms with Crippen molar-refractivity contribution < 1.29 is 4.74 Å². The fraction of sp³-hybridized carbons (Fsp3) is 0.423. The molecule has 2 aromatic carbocycles. The van der Waals surface area contributed by atoms with Crippen LogP contribution in [-0.2, 0) is 6.42 Å². The van der Waals surface area contributed by atoms with Crippen LogP contribution in [0.15, 0.2) is 43.0 Å². The van der Waals surface area contributed by atoms with Gasteiger partial charge in [-0.25, -0.2) is 4.98 Å². The Labute approximate surface area is 190 Å². The third-order valence-electron chi connectivity index (χ3n) is 7.26. The molecule has 1 saturated heterocycles. The first-order chi connectivity index (χ1) is 15.3. The molecule has 2 aliphatic heterocycles. The average molecular weight is 432 g/mol. The van der Waals surface area contributed by atoms with Gasteiger partial charge in [0.15, 0.2) is 0 Å². The highest BCUT2D eigenvalue weighted by atomic mass is 16.5. The fourth-order valence-corrected chi connectivity index (χ4v) is 5.21. The summed E-state index contributed by atoms with van der Waals surface area (Å²) < 4.78 is 8.64. The Balaban J connectivity index is 1.25. The van der Waals surface area contributed by atoms with Gasteiger partial charge in [-0.2, -0.15) is 0 Å². The number of fused-ring (bicyclic) bond motifs is 1. The van der Waals surface area contributed by atoms with Crippen LogP contribution in [0.2, 0.25) is 0 Å². The molecule has 0 amide bonds. The summed E-state index contributed by atoms with van der Waals surface area (Å²) in [6, 6.07) is 8.69. The molecule has 0 saturated carbocycles. The van der Waals surface area contributed by atoms with E-state index in [0.717, 1.165) is 61.8 Å². The molecule has 2 aliphatic rings. The molecule has 3 aromatic rings. The van der Waals surface area contributed by atoms with Gasteiger partial charge in [-0.1, -0.05) is 6.07 Å². The lowest BCUT2D eigenvalue weighted by Crippen LogP contribution is -2.52. The fourth-order valence-electron chi connectivity index (χ4n) is 5.21. The minimum atomic E-state index is -0.207. The first-order valence-corrected chi connectivity index (χ1v) is 11.5. The number of hydrogen-bond donors (Lipinski definition) is 1. The Morgan fingerprint density at radius 1 is 1.03 bits per heavy atom. The van der Waals surface area contributed by atoms with E-state index in [2.05, 4.69) is 66.7 Å². The van der Waals surface area contributed by atoms with Gasteiger partial charge in [0.25, 0.3) is 0 Å². The topological polar surface area (TPSA) is 59.5 Å². The molecule has 6 nitrogen and oxygen atoms in total. The van der Waals surface area contributed by atoms with Crippen LogP contribution in [0.4, 0.5) is 11.4 Å². The average Bonchev–Trinajstić information content (AvgIpc) is 3.45. The van der Waals surface area contributed by atoms with Crippen LogP contribution in [0.1, 0.15) is 29.2 Å². The molecule has 1 unspecified atom stereocenters. The number of hydrogen-bond acceptors (Lipinski definition) is 5. The normalized spacial score (nSPS) is 20.9. The van der Waals surface area contributed by atoms with Crippen LogP contribution < -0.4 is 15.4 Å². The van der Waals surface area contributed by atoms with Gasteiger partial charge in [0.1, 0.15) is 11.4 Å². The molecule has 0 spiro atoms. The lowest BCUT2D eigenvalue weighted by molar-refractivity contribution is 0.0604. The number of rotatable bonds is 4. The first-order valence-electron chi connectivity index (χ1n) is 11.5. The van der Waals surface area contributed by atoms with Gasteiger partial charge < -0.3 is 19.9 Å². The third-order valence-corrected chi connectivity index (χ3v) is 7.26. The molecule has 0 radical (unpaired) electrons. The van der Waals surface area contributed by atoms with Crippen molar-refractivity contribution in [3.05, 3.63) is 65.2 Å². The lowest BCUT2D eigenvalue weighted by Gasteiger charge is -2.39. The van der Waals surface area contributed by atoms with Gasteiger partial charge in [0, 0.05) is 74.2 Å². The molecular weight excluding hydrogens is 398 g/mol. The number of nitrogens with two attached hydrogens (primary N) is 1. The zero-order valence-corrected chi connectivity index (χ0v) is 19.6. The maximum absolute atomic E-state index is 6.59. The molecule has 1 aromatic heterocycles. The number of ether oxygens (including phenoxy) is 1. The zero-order chi connectivity index (χ0) is 22.5. The SMILES string of the molecule is Cc1c(C)c2c(c(C)c1N)CC(C)(CN1CCN(c3cccc(-n4ccnc4)c3)CC1)O2. The number of nitrogen functional groups attached to an aromatic ring is 1. The van der Waals surface area contributed by atoms with Crippen molar-refractivity contribution in [3.63, 3.8) is 0 Å². The number of piperazine rings is 1. The highest BCUT2D eigenvalue weighted by molar-refractivity contribution is 5.66. The maximum atomic E-state index is 6.59. The quantitative estimate of drug-likeness (QED) is 0.635. The molecule has 2 N–H and O–H groups in total. The largest absolute Gasteiger partial charge is 0.485 e. The molecule has 6 heteroatoms. The molecule has 0 bridgehead atoms. The summed E-state index contributed by atoms with van der Waals surface area (Å²) in [5.41, 5.74) is 14.3. The van der Waals surface area contributed by atoms with Crippen LogP contribution in [0.25, 0.3) is 5.69 Å². The van der Waals surface area contributed by atoms with E-state index < -0.39 is 0 Å². The van der Waals surface area contributed by atoms with Crippen molar-refractivity contribution >= 4 is 11.4 Å². The summed E-state index contributed by atoms with van der Waals surface area (Å²) in [6.45, 7) is 13.6. The standard InChI is InChI=1S/C26H33N5O/c1-18-19(2)25-23(20(3)24(18)27)15-26(4,32-25)16-29-10-12-30(13-11-29)21-6-5-7-22(14-21)31-9-8-28-17-31/h5-9,14,17H,10-13,15-16,27H2,1-4H3. The molecule has 168 valence electrons. The summed E-state index contributed by atoms with van der Waals surface area (Å²) in [7, 11) is 0. The summed E-state index contributed by atoms with van der Waals surface area (Å²) in [6.07, 6.45) is 6.56. The van der Waals surface area contributed by atoms with E-state index >= 15 is 0 Å². The Kier molecular flexibility index (Phi) is 5.13. The zero-order valence-electron chi connectivity index (χ0n) is 19.6. The van der Waals surface area contributed by atoms with Crippen molar-refractivity contribution in [1.82, 2.24) is 14.5 Å². The second-order valence-electron chi connectivity index (χ2n) is 9.58. The highest BCUT2D eigenvalue weighted by Gasteiger charge is 2.39. The molecular formula is C26H33N5O. The molecule has 32 heavy (non-hydrogen) atoms. The van der Waals surface area contributed by atoms with Crippen LogP contribution in [0.5, 0.6) is 5.75 Å². The van der Waals surface area contributed by atoms with Gasteiger partial charge in [-0.3, -0.25) is 4.90 Å². The minimum absolute atomic E-state index is 0.207. The van der Waals surface area contributed by atoms with Gasteiger partial charge in [-0.05, 0) is 62.6 Å². The van der Waals surface area contributed by atoms with E-state index in [1.54, 1.807) is 0 Å². The predicted octanol–water partition coefficient (Wildman–Crippen LogP) is 3.90. The lowest BCUT2D eigenvalue weighted by atomic mass is 9.91. The second-order valence-corrected chi connectivity index (χ2v) is 9.58. The Morgan fingerprint density at radius 3 is 2.50 bits per heavy atom. The van der Waals surface area contributed by atoms with Gasteiger partial charge >= 0.3 is 0 Å². The van der Waals surface area contributed by atoms with Crippen LogP contribution in [0.3, 0.4) is 0 Å². The first kappa shape index (κ1) is 20.9. The van der Waals surface area contributed by atoms with Gasteiger partial charge in [0.05, 0.1) is 6.33 Å². The van der Waals surface area contributed by atoms with Crippen LogP contribution in [0, 0.1) is 20.8 Å². The summed E-state index contributed by atoms with van der Waals surface area (Å²) >= 11 is 0. The number of imidazole rings is 1. The van der Waals surface area contributed by atoms with E-state index in [-0.39, 0.29) is 5.60 Å². The Morgan fingerprint density at radius 2 is 1.78 bits per heavy atom. The predicted molar refractivity (Wildman–Crippen MR) is 130 cm³/mol. The Bertz CT molecular complexity index is 1090. The highest BCUT2D eigenvalue weighted by Crippen LogP contribution is 2.44. The number of nitrogens with zero attached hydrogens (tertiary/aromatic N) is 4. The van der Waals surface area contributed by atoms with Crippen LogP contribution >= 0.6 is 0 Å². The van der Waals surface area contributed by atoms with Gasteiger partial charge in [-0.15, -0.1) is 0 Å². The van der Waals surface area contributed by atoms with Gasteiger partial charge in [0.2, 0.25) is 0 Å². The van der Waals surface area contributed by atoms with Crippen molar-refractivity contribution in [2.75, 3.05) is 43.4 Å². The Hall–Kier alpha value is -2.99. The summed E-state index contributed by atoms with van der Waals surface area (Å²) in [5.74, 6) is 1.06. The van der Waals surface area contributed by atoms with E-state index in [0.29, 0.717) is 0 Å². The van der Waals surface area contributed by atoms with Crippen molar-refractivity contribution in [2.24, 2.45) is 0 Å². The molecule has 3 heterocycles. The smallest absolute Gasteiger partial charge is 0.127 e. The van der Waals surface area contributed by atoms with E-state index in [1.807, 2.05) is 23.3 Å². The summed E-state index contributed by atoms with van der Waals surface area (Å²) in [4.78, 5) is 9.18. The number of anilines is 2. The van der Waals surface area contributed by atoms with Crippen molar-refractivity contribution in [2.45, 2.75) is 39.7 Å². The van der Waals surface area contributed by atoms with Crippen molar-refractivity contribution in [1.29, 1.82) is 0 Å². The second kappa shape index (κ2) is 7.85. The number of aromatic nitrogens is 2. The minimum Gasteiger partial charge on any atom is -0.485 e. The van der Waals surface area contributed by atoms with Crippen molar-refractivity contribution in [3.8, 4) is 11.4 Å². The van der Waals surface area contributed by atoms with E-state index in [9.17, 15) is 0 Å². The van der Waals surface area contributed by atoms with E-state index in [1.165, 1.54) is 22.4 Å². The third kappa shape index (κ3) is 3.62. The number of benzene rings is 2. The molecule has 1 atom stereocenters. The van der Waals surface area contributed by atoms with E-state index in [4.69, 9.17) is 10.5 Å².